The van der Waals surface area contributed by atoms with Gasteiger partial charge in [0.25, 0.3) is 0 Å². The zero-order chi connectivity index (χ0) is 17.4. The fourth-order valence-corrected chi connectivity index (χ4v) is 4.52. The molecule has 0 radical (unpaired) electrons. The van der Waals surface area contributed by atoms with Crippen LogP contribution in [0.1, 0.15) is 44.3 Å². The molecule has 0 bridgehead atoms. The molecule has 25 heavy (non-hydrogen) atoms. The number of imidazole rings is 1. The van der Waals surface area contributed by atoms with E-state index in [1.165, 1.54) is 0 Å². The van der Waals surface area contributed by atoms with Crippen LogP contribution in [0.15, 0.2) is 24.3 Å². The molecule has 3 atom stereocenters. The number of aromatic amines is 1. The van der Waals surface area contributed by atoms with Crippen molar-refractivity contribution in [3.63, 3.8) is 0 Å². The summed E-state index contributed by atoms with van der Waals surface area (Å²) < 4.78 is 0. The van der Waals surface area contributed by atoms with Gasteiger partial charge in [-0.1, -0.05) is 25.0 Å². The highest BCUT2D eigenvalue weighted by atomic mass is 16.4. The number of amides is 1. The largest absolute Gasteiger partial charge is 0.480 e. The maximum atomic E-state index is 12.8. The van der Waals surface area contributed by atoms with E-state index in [1.54, 1.807) is 4.90 Å². The monoisotopic (exact) mass is 341 g/mol. The molecule has 1 aliphatic carbocycles. The summed E-state index contributed by atoms with van der Waals surface area (Å²) in [5.41, 5.74) is 1.85. The predicted octanol–water partition coefficient (Wildman–Crippen LogP) is 2.74. The van der Waals surface area contributed by atoms with E-state index in [4.69, 9.17) is 0 Å². The first-order chi connectivity index (χ1) is 12.1. The van der Waals surface area contributed by atoms with Crippen molar-refractivity contribution in [2.45, 2.75) is 57.0 Å². The lowest BCUT2D eigenvalue weighted by atomic mass is 9.84. The predicted molar refractivity (Wildman–Crippen MR) is 93.0 cm³/mol. The highest BCUT2D eigenvalue weighted by Crippen LogP contribution is 2.40. The van der Waals surface area contributed by atoms with Crippen LogP contribution in [-0.4, -0.2) is 43.9 Å². The molecule has 0 spiro atoms. The van der Waals surface area contributed by atoms with Crippen LogP contribution in [0.4, 0.5) is 0 Å². The molecule has 4 rings (SSSR count). The summed E-state index contributed by atoms with van der Waals surface area (Å²) in [6.07, 6.45) is 5.62. The van der Waals surface area contributed by atoms with Gasteiger partial charge >= 0.3 is 5.97 Å². The average molecular weight is 341 g/mol. The van der Waals surface area contributed by atoms with Gasteiger partial charge in [0.1, 0.15) is 11.9 Å². The summed E-state index contributed by atoms with van der Waals surface area (Å²) in [5, 5.41) is 9.55. The van der Waals surface area contributed by atoms with Crippen molar-refractivity contribution in [2.24, 2.45) is 5.92 Å². The number of aryl methyl sites for hydroxylation is 1. The van der Waals surface area contributed by atoms with Crippen LogP contribution >= 0.6 is 0 Å². The fraction of sp³-hybridized carbons (Fsp3) is 0.526. The van der Waals surface area contributed by atoms with Gasteiger partial charge in [0.2, 0.25) is 5.91 Å². The smallest absolute Gasteiger partial charge is 0.326 e. The van der Waals surface area contributed by atoms with Gasteiger partial charge in [0.05, 0.1) is 11.0 Å². The Hall–Kier alpha value is -2.37. The number of aromatic nitrogens is 2. The third kappa shape index (κ3) is 3.01. The number of nitrogens with one attached hydrogen (secondary N) is 1. The summed E-state index contributed by atoms with van der Waals surface area (Å²) in [4.78, 5) is 33.9. The van der Waals surface area contributed by atoms with Crippen molar-refractivity contribution in [3.8, 4) is 0 Å². The van der Waals surface area contributed by atoms with Crippen LogP contribution in [0.25, 0.3) is 11.0 Å². The number of fused-ring (bicyclic) bond motifs is 2. The zero-order valence-corrected chi connectivity index (χ0v) is 14.1. The number of para-hydroxylation sites is 2. The third-order valence-electron chi connectivity index (χ3n) is 5.68. The minimum atomic E-state index is -0.869. The number of likely N-dealkylation sites (tertiary alicyclic amines) is 1. The van der Waals surface area contributed by atoms with E-state index >= 15 is 0 Å². The molecular formula is C19H23N3O3. The number of benzene rings is 1. The Morgan fingerprint density at radius 2 is 2.04 bits per heavy atom. The molecule has 2 fully saturated rings. The minimum Gasteiger partial charge on any atom is -0.480 e. The Bertz CT molecular complexity index is 767. The van der Waals surface area contributed by atoms with E-state index in [0.717, 1.165) is 42.5 Å². The molecule has 1 saturated heterocycles. The molecule has 6 heteroatoms. The number of carboxylic acids is 1. The van der Waals surface area contributed by atoms with E-state index in [9.17, 15) is 14.7 Å². The van der Waals surface area contributed by atoms with Gasteiger partial charge < -0.3 is 15.0 Å². The first-order valence-electron chi connectivity index (χ1n) is 9.11. The zero-order valence-electron chi connectivity index (χ0n) is 14.1. The van der Waals surface area contributed by atoms with E-state index in [0.29, 0.717) is 25.2 Å². The minimum absolute atomic E-state index is 0.0535. The van der Waals surface area contributed by atoms with E-state index in [1.807, 2.05) is 24.3 Å². The molecule has 2 N–H and O–H groups in total. The Balaban J connectivity index is 1.47. The number of carbonyl (C=O) groups is 2. The van der Waals surface area contributed by atoms with E-state index in [-0.39, 0.29) is 11.9 Å². The molecule has 2 heterocycles. The van der Waals surface area contributed by atoms with Gasteiger partial charge in [0, 0.05) is 18.9 Å². The van der Waals surface area contributed by atoms with Crippen molar-refractivity contribution in [2.75, 3.05) is 0 Å². The van der Waals surface area contributed by atoms with E-state index in [2.05, 4.69) is 9.97 Å². The number of rotatable bonds is 4. The molecule has 132 valence electrons. The van der Waals surface area contributed by atoms with Crippen LogP contribution in [0.3, 0.4) is 0 Å². The molecule has 2 aliphatic rings. The Labute approximate surface area is 146 Å². The number of nitrogens with zero attached hydrogens (tertiary/aromatic N) is 2. The van der Waals surface area contributed by atoms with Crippen molar-refractivity contribution >= 4 is 22.9 Å². The van der Waals surface area contributed by atoms with Crippen LogP contribution in [0, 0.1) is 5.92 Å². The Morgan fingerprint density at radius 3 is 2.84 bits per heavy atom. The lowest BCUT2D eigenvalue weighted by Gasteiger charge is -2.33. The van der Waals surface area contributed by atoms with Gasteiger partial charge in [-0.25, -0.2) is 9.78 Å². The van der Waals surface area contributed by atoms with Gasteiger partial charge in [-0.05, 0) is 37.3 Å². The highest BCUT2D eigenvalue weighted by molar-refractivity contribution is 5.85. The second-order valence-corrected chi connectivity index (χ2v) is 7.20. The summed E-state index contributed by atoms with van der Waals surface area (Å²) in [5.74, 6) is 0.208. The number of carboxylic acid groups (broad SMARTS) is 1. The van der Waals surface area contributed by atoms with Crippen LogP contribution in [0.2, 0.25) is 0 Å². The van der Waals surface area contributed by atoms with Crippen molar-refractivity contribution in [1.29, 1.82) is 0 Å². The summed E-state index contributed by atoms with van der Waals surface area (Å²) >= 11 is 0. The van der Waals surface area contributed by atoms with Gasteiger partial charge in [-0.15, -0.1) is 0 Å². The van der Waals surface area contributed by atoms with Crippen LogP contribution in [-0.2, 0) is 16.0 Å². The van der Waals surface area contributed by atoms with Crippen LogP contribution in [0.5, 0.6) is 0 Å². The molecule has 1 saturated carbocycles. The standard InChI is InChI=1S/C19H23N3O3/c23-18(10-9-17-20-13-6-2-3-7-14(13)21-17)22-15-8-4-1-5-12(15)11-16(22)19(24)25/h2-3,6-7,12,15-16H,1,4-5,8-11H2,(H,20,21)(H,24,25)/t12-,15+,16+/m1/s1. The number of aliphatic carboxylic acids is 1. The van der Waals surface area contributed by atoms with Crippen LogP contribution < -0.4 is 0 Å². The molecule has 1 aromatic carbocycles. The lowest BCUT2D eigenvalue weighted by Crippen LogP contribution is -2.46. The summed E-state index contributed by atoms with van der Waals surface area (Å²) in [7, 11) is 0. The Kier molecular flexibility index (Phi) is 4.19. The van der Waals surface area contributed by atoms with E-state index < -0.39 is 12.0 Å². The summed E-state index contributed by atoms with van der Waals surface area (Å²) in [6.45, 7) is 0. The number of hydrogen-bond acceptors (Lipinski definition) is 3. The number of hydrogen-bond donors (Lipinski definition) is 2. The topological polar surface area (TPSA) is 86.3 Å². The molecule has 1 amide bonds. The van der Waals surface area contributed by atoms with Crippen molar-refractivity contribution in [1.82, 2.24) is 14.9 Å². The van der Waals surface area contributed by atoms with Gasteiger partial charge in [-0.2, -0.15) is 0 Å². The first kappa shape index (κ1) is 16.1. The number of H-pyrrole nitrogens is 1. The normalized spacial score (nSPS) is 25.9. The average Bonchev–Trinajstić information content (AvgIpc) is 3.20. The Morgan fingerprint density at radius 1 is 1.24 bits per heavy atom. The number of carbonyl (C=O) groups excluding carboxylic acids is 1. The first-order valence-corrected chi connectivity index (χ1v) is 9.11. The molecule has 2 aromatic rings. The molecule has 6 nitrogen and oxygen atoms in total. The molecule has 0 unspecified atom stereocenters. The lowest BCUT2D eigenvalue weighted by molar-refractivity contribution is -0.149. The third-order valence-corrected chi connectivity index (χ3v) is 5.68. The highest BCUT2D eigenvalue weighted by Gasteiger charge is 2.47. The van der Waals surface area contributed by atoms with Crippen molar-refractivity contribution < 1.29 is 14.7 Å². The fourth-order valence-electron chi connectivity index (χ4n) is 4.52. The molecule has 1 aliphatic heterocycles. The molecular weight excluding hydrogens is 318 g/mol. The van der Waals surface area contributed by atoms with Gasteiger partial charge in [-0.3, -0.25) is 4.79 Å². The second-order valence-electron chi connectivity index (χ2n) is 7.20. The quantitative estimate of drug-likeness (QED) is 0.895. The maximum absolute atomic E-state index is 12.8. The second kappa shape index (κ2) is 6.50. The summed E-state index contributed by atoms with van der Waals surface area (Å²) in [6, 6.07) is 7.23. The SMILES string of the molecule is O=C(O)[C@@H]1C[C@H]2CCCC[C@@H]2N1C(=O)CCc1nc2ccccc2[nH]1. The van der Waals surface area contributed by atoms with Gasteiger partial charge in [0.15, 0.2) is 0 Å². The maximum Gasteiger partial charge on any atom is 0.326 e. The van der Waals surface area contributed by atoms with Crippen molar-refractivity contribution in [3.05, 3.63) is 30.1 Å². The molecule has 1 aromatic heterocycles.